The lowest BCUT2D eigenvalue weighted by molar-refractivity contribution is 0.474. The molecule has 2 heteroatoms. The minimum atomic E-state index is 0.196. The van der Waals surface area contributed by atoms with Crippen LogP contribution in [0.5, 0.6) is 5.75 Å². The second-order valence-electron chi connectivity index (χ2n) is 7.44. The SMILES string of the molecule is Cc1cc(C(C)(C)C)cc(C)c1CCNCc1cccc(O)c1. The zero-order chi connectivity index (χ0) is 17.0. The molecule has 2 N–H and O–H groups in total. The van der Waals surface area contributed by atoms with E-state index in [1.54, 1.807) is 6.07 Å². The molecule has 124 valence electrons. The number of hydrogen-bond acceptors (Lipinski definition) is 2. The molecule has 0 atom stereocenters. The lowest BCUT2D eigenvalue weighted by Gasteiger charge is -2.22. The molecule has 0 aliphatic heterocycles. The molecule has 0 heterocycles. The van der Waals surface area contributed by atoms with Crippen LogP contribution in [0, 0.1) is 13.8 Å². The molecule has 0 fully saturated rings. The molecular formula is C21H29NO. The third-order valence-electron chi connectivity index (χ3n) is 4.35. The summed E-state index contributed by atoms with van der Waals surface area (Å²) in [6.45, 7) is 12.9. The van der Waals surface area contributed by atoms with Crippen LogP contribution < -0.4 is 5.32 Å². The van der Waals surface area contributed by atoms with Crippen molar-refractivity contribution in [2.45, 2.75) is 53.0 Å². The van der Waals surface area contributed by atoms with E-state index in [0.717, 1.165) is 25.1 Å². The van der Waals surface area contributed by atoms with Gasteiger partial charge in [0.2, 0.25) is 0 Å². The van der Waals surface area contributed by atoms with Gasteiger partial charge in [-0.1, -0.05) is 45.0 Å². The minimum absolute atomic E-state index is 0.196. The summed E-state index contributed by atoms with van der Waals surface area (Å²) < 4.78 is 0. The molecule has 0 unspecified atom stereocenters. The number of phenolic OH excluding ortho intramolecular Hbond substituents is 1. The fraction of sp³-hybridized carbons (Fsp3) is 0.429. The largest absolute Gasteiger partial charge is 0.508 e. The van der Waals surface area contributed by atoms with Gasteiger partial charge in [-0.15, -0.1) is 0 Å². The first kappa shape index (κ1) is 17.6. The highest BCUT2D eigenvalue weighted by molar-refractivity contribution is 5.40. The lowest BCUT2D eigenvalue weighted by Crippen LogP contribution is -2.18. The Morgan fingerprint density at radius 1 is 1.00 bits per heavy atom. The monoisotopic (exact) mass is 311 g/mol. The summed E-state index contributed by atoms with van der Waals surface area (Å²) in [5, 5.41) is 12.9. The number of aryl methyl sites for hydroxylation is 2. The molecule has 2 nitrogen and oxygen atoms in total. The predicted octanol–water partition coefficient (Wildman–Crippen LogP) is 4.64. The maximum atomic E-state index is 9.48. The van der Waals surface area contributed by atoms with E-state index in [0.29, 0.717) is 5.75 Å². The summed E-state index contributed by atoms with van der Waals surface area (Å²) >= 11 is 0. The van der Waals surface area contributed by atoms with E-state index in [2.05, 4.69) is 52.1 Å². The summed E-state index contributed by atoms with van der Waals surface area (Å²) in [5.41, 5.74) is 6.93. The van der Waals surface area contributed by atoms with Gasteiger partial charge >= 0.3 is 0 Å². The quantitative estimate of drug-likeness (QED) is 0.789. The number of nitrogens with one attached hydrogen (secondary N) is 1. The van der Waals surface area contributed by atoms with Crippen LogP contribution in [0.1, 0.15) is 48.6 Å². The van der Waals surface area contributed by atoms with Crippen LogP contribution in [0.4, 0.5) is 0 Å². The number of rotatable bonds is 5. The molecular weight excluding hydrogens is 282 g/mol. The second-order valence-corrected chi connectivity index (χ2v) is 7.44. The highest BCUT2D eigenvalue weighted by Gasteiger charge is 2.16. The number of benzene rings is 2. The van der Waals surface area contributed by atoms with Crippen molar-refractivity contribution in [3.8, 4) is 5.75 Å². The third-order valence-corrected chi connectivity index (χ3v) is 4.35. The first-order chi connectivity index (χ1) is 10.8. The summed E-state index contributed by atoms with van der Waals surface area (Å²) in [4.78, 5) is 0. The van der Waals surface area contributed by atoms with Gasteiger partial charge in [0.05, 0.1) is 0 Å². The van der Waals surface area contributed by atoms with Crippen molar-refractivity contribution in [2.75, 3.05) is 6.54 Å². The average molecular weight is 311 g/mol. The topological polar surface area (TPSA) is 32.3 Å². The highest BCUT2D eigenvalue weighted by Crippen LogP contribution is 2.27. The van der Waals surface area contributed by atoms with E-state index in [9.17, 15) is 5.11 Å². The minimum Gasteiger partial charge on any atom is -0.508 e. The van der Waals surface area contributed by atoms with Gasteiger partial charge in [0, 0.05) is 6.54 Å². The zero-order valence-electron chi connectivity index (χ0n) is 15.0. The molecule has 0 bridgehead atoms. The van der Waals surface area contributed by atoms with Gasteiger partial charge in [-0.2, -0.15) is 0 Å². The van der Waals surface area contributed by atoms with Crippen LogP contribution in [0.15, 0.2) is 36.4 Å². The molecule has 0 aliphatic rings. The number of hydrogen-bond donors (Lipinski definition) is 2. The molecule has 0 amide bonds. The van der Waals surface area contributed by atoms with E-state index in [1.807, 2.05) is 18.2 Å². The summed E-state index contributed by atoms with van der Waals surface area (Å²) in [5.74, 6) is 0.328. The molecule has 0 aromatic heterocycles. The lowest BCUT2D eigenvalue weighted by atomic mass is 9.83. The van der Waals surface area contributed by atoms with Gasteiger partial charge in [-0.25, -0.2) is 0 Å². The standard InChI is InChI=1S/C21H29NO/c1-15-11-18(21(3,4)5)12-16(2)20(15)9-10-22-14-17-7-6-8-19(23)13-17/h6-8,11-13,22-23H,9-10,14H2,1-5H3. The predicted molar refractivity (Wildman–Crippen MR) is 98.1 cm³/mol. The molecule has 2 aromatic carbocycles. The van der Waals surface area contributed by atoms with Crippen LogP contribution in [0.3, 0.4) is 0 Å². The molecule has 0 saturated heterocycles. The van der Waals surface area contributed by atoms with Crippen molar-refractivity contribution >= 4 is 0 Å². The highest BCUT2D eigenvalue weighted by atomic mass is 16.3. The fourth-order valence-electron chi connectivity index (χ4n) is 2.93. The molecule has 0 aliphatic carbocycles. The van der Waals surface area contributed by atoms with Crippen molar-refractivity contribution in [1.29, 1.82) is 0 Å². The molecule has 0 saturated carbocycles. The maximum Gasteiger partial charge on any atom is 0.115 e. The maximum absolute atomic E-state index is 9.48. The first-order valence-electron chi connectivity index (χ1n) is 8.36. The van der Waals surface area contributed by atoms with Crippen LogP contribution in [-0.2, 0) is 18.4 Å². The molecule has 23 heavy (non-hydrogen) atoms. The normalized spacial score (nSPS) is 11.7. The summed E-state index contributed by atoms with van der Waals surface area (Å²) in [6, 6.07) is 12.1. The van der Waals surface area contributed by atoms with Crippen LogP contribution in [0.2, 0.25) is 0 Å². The third kappa shape index (κ3) is 4.84. The van der Waals surface area contributed by atoms with Crippen molar-refractivity contribution in [1.82, 2.24) is 5.32 Å². The fourth-order valence-corrected chi connectivity index (χ4v) is 2.93. The summed E-state index contributed by atoms with van der Waals surface area (Å²) in [6.07, 6.45) is 1.03. The Bertz CT molecular complexity index is 645. The Labute approximate surface area is 140 Å². The van der Waals surface area contributed by atoms with Gasteiger partial charge in [0.1, 0.15) is 5.75 Å². The van der Waals surface area contributed by atoms with Crippen LogP contribution >= 0.6 is 0 Å². The van der Waals surface area contributed by atoms with E-state index in [1.165, 1.54) is 22.3 Å². The van der Waals surface area contributed by atoms with Gasteiger partial charge in [0.15, 0.2) is 0 Å². The van der Waals surface area contributed by atoms with Crippen molar-refractivity contribution in [2.24, 2.45) is 0 Å². The van der Waals surface area contributed by atoms with Crippen molar-refractivity contribution < 1.29 is 5.11 Å². The number of aromatic hydroxyl groups is 1. The smallest absolute Gasteiger partial charge is 0.115 e. The van der Waals surface area contributed by atoms with E-state index in [4.69, 9.17) is 0 Å². The Balaban J connectivity index is 1.96. The first-order valence-corrected chi connectivity index (χ1v) is 8.36. The van der Waals surface area contributed by atoms with Gasteiger partial charge in [0.25, 0.3) is 0 Å². The van der Waals surface area contributed by atoms with Gasteiger partial charge < -0.3 is 10.4 Å². The average Bonchev–Trinajstić information content (AvgIpc) is 2.44. The Kier molecular flexibility index (Phi) is 5.48. The van der Waals surface area contributed by atoms with E-state index >= 15 is 0 Å². The molecule has 0 radical (unpaired) electrons. The van der Waals surface area contributed by atoms with Crippen molar-refractivity contribution in [3.05, 3.63) is 64.2 Å². The summed E-state index contributed by atoms with van der Waals surface area (Å²) in [7, 11) is 0. The molecule has 0 spiro atoms. The Morgan fingerprint density at radius 2 is 1.65 bits per heavy atom. The van der Waals surface area contributed by atoms with Gasteiger partial charge in [-0.3, -0.25) is 0 Å². The van der Waals surface area contributed by atoms with E-state index < -0.39 is 0 Å². The zero-order valence-corrected chi connectivity index (χ0v) is 15.0. The number of phenols is 1. The van der Waals surface area contributed by atoms with Crippen molar-refractivity contribution in [3.63, 3.8) is 0 Å². The molecule has 2 rings (SSSR count). The van der Waals surface area contributed by atoms with E-state index in [-0.39, 0.29) is 5.41 Å². The van der Waals surface area contributed by atoms with Crippen LogP contribution in [0.25, 0.3) is 0 Å². The van der Waals surface area contributed by atoms with Gasteiger partial charge in [-0.05, 0) is 72.2 Å². The Morgan fingerprint density at radius 3 is 2.22 bits per heavy atom. The second kappa shape index (κ2) is 7.18. The Hall–Kier alpha value is -1.80. The van der Waals surface area contributed by atoms with Crippen LogP contribution in [-0.4, -0.2) is 11.7 Å². The molecule has 2 aromatic rings.